The van der Waals surface area contributed by atoms with Crippen LogP contribution < -0.4 is 4.74 Å². The van der Waals surface area contributed by atoms with Crippen LogP contribution in [0.5, 0.6) is 5.75 Å². The maximum atomic E-state index is 13.1. The zero-order valence-electron chi connectivity index (χ0n) is 14.4. The quantitative estimate of drug-likeness (QED) is 0.757. The summed E-state index contributed by atoms with van der Waals surface area (Å²) in [6, 6.07) is 13.5. The molecular formula is C20H19ClN2O2S. The van der Waals surface area contributed by atoms with Crippen LogP contribution in [0.3, 0.4) is 0 Å². The van der Waals surface area contributed by atoms with E-state index in [0.29, 0.717) is 18.0 Å². The van der Waals surface area contributed by atoms with Crippen LogP contribution in [-0.4, -0.2) is 34.4 Å². The normalized spacial score (nSPS) is 20.8. The van der Waals surface area contributed by atoms with Crippen molar-refractivity contribution in [1.29, 1.82) is 0 Å². The number of benzene rings is 2. The van der Waals surface area contributed by atoms with E-state index in [2.05, 4.69) is 4.99 Å². The van der Waals surface area contributed by atoms with Gasteiger partial charge in [0.2, 0.25) is 0 Å². The molecule has 2 aliphatic rings. The fourth-order valence-corrected chi connectivity index (χ4v) is 4.25. The van der Waals surface area contributed by atoms with Crippen LogP contribution in [-0.2, 0) is 11.2 Å². The molecule has 0 radical (unpaired) electrons. The molecule has 2 aromatic rings. The minimum absolute atomic E-state index is 0.0228. The summed E-state index contributed by atoms with van der Waals surface area (Å²) in [5, 5.41) is 1.40. The number of hydrogen-bond donors (Lipinski definition) is 0. The Labute approximate surface area is 162 Å². The topological polar surface area (TPSA) is 41.9 Å². The molecule has 1 unspecified atom stereocenters. The van der Waals surface area contributed by atoms with Crippen molar-refractivity contribution in [3.05, 3.63) is 58.6 Å². The number of rotatable bonds is 2. The lowest BCUT2D eigenvalue weighted by Crippen LogP contribution is -2.46. The van der Waals surface area contributed by atoms with Gasteiger partial charge < -0.3 is 4.74 Å². The van der Waals surface area contributed by atoms with Crippen LogP contribution in [0.25, 0.3) is 0 Å². The molecule has 1 atom stereocenters. The van der Waals surface area contributed by atoms with Crippen molar-refractivity contribution in [2.75, 3.05) is 12.3 Å². The number of fused-ring (bicyclic) bond motifs is 1. The van der Waals surface area contributed by atoms with Gasteiger partial charge in [0.25, 0.3) is 5.91 Å². The maximum Gasteiger partial charge on any atom is 0.269 e. The number of amidine groups is 1. The number of carbonyl (C=O) groups is 1. The molecule has 2 heterocycles. The van der Waals surface area contributed by atoms with Crippen LogP contribution in [0.4, 0.5) is 5.69 Å². The van der Waals surface area contributed by atoms with Crippen LogP contribution in [0.2, 0.25) is 5.02 Å². The molecule has 1 saturated heterocycles. The fraction of sp³-hybridized carbons (Fsp3) is 0.300. The van der Waals surface area contributed by atoms with Gasteiger partial charge >= 0.3 is 0 Å². The third-order valence-electron chi connectivity index (χ3n) is 4.56. The van der Waals surface area contributed by atoms with Gasteiger partial charge in [0.15, 0.2) is 11.3 Å². The van der Waals surface area contributed by atoms with Crippen molar-refractivity contribution in [1.82, 2.24) is 4.90 Å². The van der Waals surface area contributed by atoms with Crippen molar-refractivity contribution in [2.24, 2.45) is 4.99 Å². The summed E-state index contributed by atoms with van der Waals surface area (Å²) in [7, 11) is 0. The van der Waals surface area contributed by atoms with Crippen molar-refractivity contribution in [3.8, 4) is 5.75 Å². The number of aliphatic imine (C=N–C) groups is 1. The molecule has 2 aromatic carbocycles. The summed E-state index contributed by atoms with van der Waals surface area (Å²) >= 11 is 7.81. The van der Waals surface area contributed by atoms with Gasteiger partial charge in [0.05, 0.1) is 5.69 Å². The largest absolute Gasteiger partial charge is 0.480 e. The van der Waals surface area contributed by atoms with Crippen LogP contribution in [0.15, 0.2) is 47.5 Å². The van der Waals surface area contributed by atoms with E-state index in [1.54, 1.807) is 16.7 Å². The lowest BCUT2D eigenvalue weighted by molar-refractivity contribution is -0.133. The van der Waals surface area contributed by atoms with E-state index >= 15 is 0 Å². The molecule has 26 heavy (non-hydrogen) atoms. The first-order valence-electron chi connectivity index (χ1n) is 8.65. The minimum Gasteiger partial charge on any atom is -0.480 e. The Morgan fingerprint density at radius 3 is 2.96 bits per heavy atom. The van der Waals surface area contributed by atoms with E-state index < -0.39 is 6.10 Å². The summed E-state index contributed by atoms with van der Waals surface area (Å²) in [5.74, 6) is 1.73. The Morgan fingerprint density at radius 1 is 1.31 bits per heavy atom. The number of aryl methyl sites for hydroxylation is 1. The minimum atomic E-state index is -0.474. The molecule has 4 rings (SSSR count). The molecule has 1 fully saturated rings. The highest BCUT2D eigenvalue weighted by molar-refractivity contribution is 8.13. The summed E-state index contributed by atoms with van der Waals surface area (Å²) in [6.07, 6.45) is 1.08. The zero-order valence-corrected chi connectivity index (χ0v) is 16.0. The number of thioether (sulfide) groups is 1. The van der Waals surface area contributed by atoms with Gasteiger partial charge in [-0.1, -0.05) is 47.6 Å². The predicted molar refractivity (Wildman–Crippen MR) is 107 cm³/mol. The number of halogens is 1. The first-order chi connectivity index (χ1) is 12.6. The number of nitrogens with zero attached hydrogens (tertiary/aromatic N) is 2. The second-order valence-corrected chi connectivity index (χ2v) is 7.91. The molecule has 4 nitrogen and oxygen atoms in total. The Balaban J connectivity index is 1.57. The van der Waals surface area contributed by atoms with E-state index in [-0.39, 0.29) is 5.91 Å². The van der Waals surface area contributed by atoms with Crippen molar-refractivity contribution < 1.29 is 9.53 Å². The van der Waals surface area contributed by atoms with Crippen molar-refractivity contribution >= 4 is 40.1 Å². The molecule has 134 valence electrons. The molecule has 0 saturated carbocycles. The van der Waals surface area contributed by atoms with Gasteiger partial charge in [0.1, 0.15) is 5.75 Å². The van der Waals surface area contributed by atoms with Gasteiger partial charge in [0, 0.05) is 23.7 Å². The number of hydrogen-bond acceptors (Lipinski definition) is 4. The highest BCUT2D eigenvalue weighted by Gasteiger charge is 2.35. The van der Waals surface area contributed by atoms with Gasteiger partial charge in [-0.3, -0.25) is 9.69 Å². The summed E-state index contributed by atoms with van der Waals surface area (Å²) < 4.78 is 5.88. The monoisotopic (exact) mass is 386 g/mol. The standard InChI is InChI=1S/C20H19ClN2O2S/c1-13-7-8-15(12-16(13)21)22-20-23(9-4-10-26-20)19(24)18-11-14-5-2-3-6-17(14)25-18/h2-3,5-8,12,18H,4,9-11H2,1H3. The molecule has 0 bridgehead atoms. The molecule has 1 amide bonds. The highest BCUT2D eigenvalue weighted by Crippen LogP contribution is 2.31. The van der Waals surface area contributed by atoms with Crippen LogP contribution in [0.1, 0.15) is 17.5 Å². The number of ether oxygens (including phenoxy) is 1. The fourth-order valence-electron chi connectivity index (χ4n) is 3.11. The van der Waals surface area contributed by atoms with Crippen molar-refractivity contribution in [3.63, 3.8) is 0 Å². The van der Waals surface area contributed by atoms with Crippen LogP contribution in [0, 0.1) is 6.92 Å². The van der Waals surface area contributed by atoms with Crippen molar-refractivity contribution in [2.45, 2.75) is 25.9 Å². The smallest absolute Gasteiger partial charge is 0.269 e. The molecular weight excluding hydrogens is 368 g/mol. The number of carbonyl (C=O) groups excluding carboxylic acids is 1. The second kappa shape index (κ2) is 7.33. The number of para-hydroxylation sites is 1. The first-order valence-corrected chi connectivity index (χ1v) is 10.0. The van der Waals surface area contributed by atoms with E-state index in [0.717, 1.165) is 39.9 Å². The molecule has 0 aromatic heterocycles. The average molecular weight is 387 g/mol. The predicted octanol–water partition coefficient (Wildman–Crippen LogP) is 4.61. The maximum absolute atomic E-state index is 13.1. The number of amides is 1. The summed E-state index contributed by atoms with van der Waals surface area (Å²) in [6.45, 7) is 2.63. The van der Waals surface area contributed by atoms with E-state index in [9.17, 15) is 4.79 Å². The zero-order chi connectivity index (χ0) is 18.1. The van der Waals surface area contributed by atoms with Gasteiger partial charge in [-0.2, -0.15) is 0 Å². The summed E-state index contributed by atoms with van der Waals surface area (Å²) in [4.78, 5) is 19.5. The molecule has 0 N–H and O–H groups in total. The van der Waals surface area contributed by atoms with E-state index in [1.807, 2.05) is 49.4 Å². The van der Waals surface area contributed by atoms with Crippen LogP contribution >= 0.6 is 23.4 Å². The summed E-state index contributed by atoms with van der Waals surface area (Å²) in [5.41, 5.74) is 2.86. The molecule has 0 aliphatic carbocycles. The third kappa shape index (κ3) is 3.46. The van der Waals surface area contributed by atoms with Gasteiger partial charge in [-0.25, -0.2) is 4.99 Å². The van der Waals surface area contributed by atoms with Gasteiger partial charge in [-0.15, -0.1) is 0 Å². The van der Waals surface area contributed by atoms with Gasteiger partial charge in [-0.05, 0) is 42.7 Å². The highest BCUT2D eigenvalue weighted by atomic mass is 35.5. The Kier molecular flexibility index (Phi) is 4.92. The first kappa shape index (κ1) is 17.4. The molecule has 0 spiro atoms. The Bertz CT molecular complexity index is 859. The lowest BCUT2D eigenvalue weighted by Gasteiger charge is -2.29. The SMILES string of the molecule is Cc1ccc(N=C2SCCCN2C(=O)C2Cc3ccccc3O2)cc1Cl. The molecule has 6 heteroatoms. The van der Waals surface area contributed by atoms with E-state index in [4.69, 9.17) is 16.3 Å². The average Bonchev–Trinajstić information content (AvgIpc) is 3.09. The van der Waals surface area contributed by atoms with E-state index in [1.165, 1.54) is 0 Å². The second-order valence-electron chi connectivity index (χ2n) is 6.44. The Morgan fingerprint density at radius 2 is 2.15 bits per heavy atom. The molecule has 2 aliphatic heterocycles. The Hall–Kier alpha value is -1.98. The third-order valence-corrected chi connectivity index (χ3v) is 6.03. The lowest BCUT2D eigenvalue weighted by atomic mass is 10.1.